The maximum absolute atomic E-state index is 15.6. The lowest BCUT2D eigenvalue weighted by atomic mass is 10.0. The fourth-order valence-corrected chi connectivity index (χ4v) is 5.26. The van der Waals surface area contributed by atoms with Crippen molar-refractivity contribution in [2.75, 3.05) is 5.73 Å². The third kappa shape index (κ3) is 4.28. The van der Waals surface area contributed by atoms with E-state index < -0.39 is 21.4 Å². The van der Waals surface area contributed by atoms with Crippen molar-refractivity contribution in [1.29, 1.82) is 0 Å². The summed E-state index contributed by atoms with van der Waals surface area (Å²) >= 11 is 0. The Hall–Kier alpha value is -3.46. The standard InChI is InChI=1S/C24H25FN4O3S/c1-14(2)32-20-9-8-17(10-15(20)3)33(30,31)12-16-6-5-7-18(22(16)25)19-11-29(4)24-21(19)23(26)27-13-28-24/h5-11,13-14H,12H2,1-4H3,(H2,26,27,28). The summed E-state index contributed by atoms with van der Waals surface area (Å²) in [6, 6.07) is 9.38. The van der Waals surface area contributed by atoms with Gasteiger partial charge in [-0.25, -0.2) is 22.8 Å². The molecule has 0 aliphatic carbocycles. The summed E-state index contributed by atoms with van der Waals surface area (Å²) in [4.78, 5) is 8.35. The molecule has 0 bridgehead atoms. The molecule has 33 heavy (non-hydrogen) atoms. The molecule has 2 aromatic heterocycles. The molecule has 0 aliphatic heterocycles. The molecular formula is C24H25FN4O3S. The molecule has 0 unspecified atom stereocenters. The number of benzene rings is 2. The number of ether oxygens (including phenoxy) is 1. The first kappa shape index (κ1) is 22.7. The summed E-state index contributed by atoms with van der Waals surface area (Å²) < 4.78 is 49.2. The number of nitrogens with two attached hydrogens (primary N) is 1. The summed E-state index contributed by atoms with van der Waals surface area (Å²) in [6.07, 6.45) is 3.03. The van der Waals surface area contributed by atoms with Gasteiger partial charge in [-0.1, -0.05) is 18.2 Å². The van der Waals surface area contributed by atoms with Crippen molar-refractivity contribution in [1.82, 2.24) is 14.5 Å². The van der Waals surface area contributed by atoms with E-state index in [1.807, 2.05) is 13.8 Å². The van der Waals surface area contributed by atoms with Crippen LogP contribution in [0.1, 0.15) is 25.0 Å². The van der Waals surface area contributed by atoms with Gasteiger partial charge in [-0.15, -0.1) is 0 Å². The number of hydrogen-bond donors (Lipinski definition) is 1. The minimum absolute atomic E-state index is 0.0310. The lowest BCUT2D eigenvalue weighted by Crippen LogP contribution is -2.09. The predicted molar refractivity (Wildman–Crippen MR) is 126 cm³/mol. The van der Waals surface area contributed by atoms with Crippen molar-refractivity contribution < 1.29 is 17.5 Å². The van der Waals surface area contributed by atoms with E-state index in [9.17, 15) is 8.42 Å². The molecule has 4 aromatic rings. The Morgan fingerprint density at radius 2 is 1.91 bits per heavy atom. The highest BCUT2D eigenvalue weighted by Gasteiger charge is 2.22. The minimum atomic E-state index is -3.80. The number of nitrogen functional groups attached to an aromatic ring is 1. The zero-order chi connectivity index (χ0) is 23.9. The van der Waals surface area contributed by atoms with Gasteiger partial charge in [-0.3, -0.25) is 0 Å². The number of sulfone groups is 1. The van der Waals surface area contributed by atoms with Gasteiger partial charge in [0.2, 0.25) is 0 Å². The molecule has 172 valence electrons. The molecule has 0 amide bonds. The topological polar surface area (TPSA) is 100 Å². The van der Waals surface area contributed by atoms with Crippen LogP contribution in [-0.4, -0.2) is 29.1 Å². The molecule has 7 nitrogen and oxygen atoms in total. The second-order valence-corrected chi connectivity index (χ2v) is 10.2. The van der Waals surface area contributed by atoms with Crippen LogP contribution in [0.3, 0.4) is 0 Å². The zero-order valence-electron chi connectivity index (χ0n) is 18.8. The second-order valence-electron chi connectivity index (χ2n) is 8.24. The van der Waals surface area contributed by atoms with Crippen molar-refractivity contribution in [3.8, 4) is 16.9 Å². The Bertz CT molecular complexity index is 1460. The van der Waals surface area contributed by atoms with Gasteiger partial charge in [0, 0.05) is 29.9 Å². The van der Waals surface area contributed by atoms with Gasteiger partial charge in [-0.05, 0) is 44.5 Å². The maximum atomic E-state index is 15.6. The molecule has 0 fully saturated rings. The van der Waals surface area contributed by atoms with Crippen molar-refractivity contribution in [3.63, 3.8) is 0 Å². The molecule has 0 radical (unpaired) electrons. The lowest BCUT2D eigenvalue weighted by molar-refractivity contribution is 0.240. The highest BCUT2D eigenvalue weighted by atomic mass is 32.2. The number of halogens is 1. The Kier molecular flexibility index (Phi) is 5.84. The summed E-state index contributed by atoms with van der Waals surface area (Å²) in [6.45, 7) is 5.58. The van der Waals surface area contributed by atoms with Gasteiger partial charge in [-0.2, -0.15) is 0 Å². The average Bonchev–Trinajstić information content (AvgIpc) is 3.08. The first-order chi connectivity index (χ1) is 15.6. The Morgan fingerprint density at radius 1 is 1.15 bits per heavy atom. The Morgan fingerprint density at radius 3 is 2.61 bits per heavy atom. The second kappa shape index (κ2) is 8.47. The maximum Gasteiger partial charge on any atom is 0.182 e. The lowest BCUT2D eigenvalue weighted by Gasteiger charge is -2.14. The zero-order valence-corrected chi connectivity index (χ0v) is 19.6. The number of hydrogen-bond acceptors (Lipinski definition) is 6. The number of fused-ring (bicyclic) bond motifs is 1. The van der Waals surface area contributed by atoms with E-state index in [2.05, 4.69) is 9.97 Å². The summed E-state index contributed by atoms with van der Waals surface area (Å²) in [5.41, 5.74) is 8.12. The molecule has 9 heteroatoms. The monoisotopic (exact) mass is 468 g/mol. The molecule has 2 aromatic carbocycles. The van der Waals surface area contributed by atoms with Crippen LogP contribution in [0, 0.1) is 12.7 Å². The molecule has 0 atom stereocenters. The fraction of sp³-hybridized carbons (Fsp3) is 0.250. The van der Waals surface area contributed by atoms with E-state index in [1.54, 1.807) is 49.0 Å². The first-order valence-electron chi connectivity index (χ1n) is 10.4. The van der Waals surface area contributed by atoms with E-state index >= 15 is 4.39 Å². The summed E-state index contributed by atoms with van der Waals surface area (Å²) in [5, 5.41) is 0.523. The quantitative estimate of drug-likeness (QED) is 0.449. The van der Waals surface area contributed by atoms with Crippen LogP contribution in [0.15, 0.2) is 53.8 Å². The Labute approximate surface area is 192 Å². The number of anilines is 1. The van der Waals surface area contributed by atoms with Crippen LogP contribution in [0.4, 0.5) is 10.2 Å². The minimum Gasteiger partial charge on any atom is -0.491 e. The number of aromatic nitrogens is 3. The average molecular weight is 469 g/mol. The van der Waals surface area contributed by atoms with Crippen LogP contribution in [0.2, 0.25) is 0 Å². The van der Waals surface area contributed by atoms with Crippen LogP contribution in [0.25, 0.3) is 22.2 Å². The summed E-state index contributed by atoms with van der Waals surface area (Å²) in [5.74, 6) is -0.249. The third-order valence-electron chi connectivity index (χ3n) is 5.37. The smallest absolute Gasteiger partial charge is 0.182 e. The van der Waals surface area contributed by atoms with Gasteiger partial charge in [0.1, 0.15) is 29.4 Å². The highest BCUT2D eigenvalue weighted by Crippen LogP contribution is 2.35. The van der Waals surface area contributed by atoms with Gasteiger partial charge < -0.3 is 15.0 Å². The van der Waals surface area contributed by atoms with E-state index in [0.29, 0.717) is 27.9 Å². The molecular weight excluding hydrogens is 443 g/mol. The highest BCUT2D eigenvalue weighted by molar-refractivity contribution is 7.90. The Balaban J connectivity index is 1.73. The van der Waals surface area contributed by atoms with Crippen molar-refractivity contribution >= 4 is 26.7 Å². The van der Waals surface area contributed by atoms with E-state index in [-0.39, 0.29) is 27.9 Å². The molecule has 4 rings (SSSR count). The molecule has 0 saturated carbocycles. The normalized spacial score (nSPS) is 11.9. The third-order valence-corrected chi connectivity index (χ3v) is 7.03. The van der Waals surface area contributed by atoms with Gasteiger partial charge in [0.05, 0.1) is 22.1 Å². The van der Waals surface area contributed by atoms with Gasteiger partial charge in [0.25, 0.3) is 0 Å². The van der Waals surface area contributed by atoms with E-state index in [0.717, 1.165) is 0 Å². The fourth-order valence-electron chi connectivity index (χ4n) is 3.83. The van der Waals surface area contributed by atoms with Crippen LogP contribution < -0.4 is 10.5 Å². The van der Waals surface area contributed by atoms with Crippen LogP contribution >= 0.6 is 0 Å². The van der Waals surface area contributed by atoms with E-state index in [4.69, 9.17) is 10.5 Å². The first-order valence-corrected chi connectivity index (χ1v) is 12.1. The summed E-state index contributed by atoms with van der Waals surface area (Å²) in [7, 11) is -2.02. The predicted octanol–water partition coefficient (Wildman–Crippen LogP) is 4.43. The molecule has 0 aliphatic rings. The SMILES string of the molecule is Cc1cc(S(=O)(=O)Cc2cccc(-c3cn(C)c4ncnc(N)c34)c2F)ccc1OC(C)C. The van der Waals surface area contributed by atoms with Crippen molar-refractivity contribution in [2.24, 2.45) is 7.05 Å². The largest absolute Gasteiger partial charge is 0.491 e. The molecule has 2 heterocycles. The van der Waals surface area contributed by atoms with Crippen LogP contribution in [-0.2, 0) is 22.6 Å². The van der Waals surface area contributed by atoms with Crippen molar-refractivity contribution in [3.05, 3.63) is 65.9 Å². The molecule has 2 N–H and O–H groups in total. The van der Waals surface area contributed by atoms with Gasteiger partial charge >= 0.3 is 0 Å². The number of rotatable bonds is 6. The molecule has 0 spiro atoms. The number of nitrogens with zero attached hydrogens (tertiary/aromatic N) is 3. The van der Waals surface area contributed by atoms with Crippen molar-refractivity contribution in [2.45, 2.75) is 37.5 Å². The number of aryl methyl sites for hydroxylation is 2. The van der Waals surface area contributed by atoms with Crippen LogP contribution in [0.5, 0.6) is 5.75 Å². The van der Waals surface area contributed by atoms with Gasteiger partial charge in [0.15, 0.2) is 9.84 Å². The van der Waals surface area contributed by atoms with E-state index in [1.165, 1.54) is 18.5 Å². The molecule has 0 saturated heterocycles.